The molecule has 0 rings (SSSR count). The lowest BCUT2D eigenvalue weighted by Gasteiger charge is -2.31. The van der Waals surface area contributed by atoms with Gasteiger partial charge in [-0.1, -0.05) is 55.4 Å². The van der Waals surface area contributed by atoms with Crippen LogP contribution >= 0.6 is 0 Å². The average molecular weight is 240 g/mol. The molecule has 0 aromatic heterocycles. The second-order valence-corrected chi connectivity index (χ2v) is 7.03. The van der Waals surface area contributed by atoms with E-state index >= 15 is 0 Å². The van der Waals surface area contributed by atoms with Crippen molar-refractivity contribution in [1.82, 2.24) is 5.32 Å². The van der Waals surface area contributed by atoms with Crippen molar-refractivity contribution in [2.75, 3.05) is 0 Å². The van der Waals surface area contributed by atoms with Gasteiger partial charge in [0.05, 0.1) is 0 Å². The largest absolute Gasteiger partial charge is 0.235 e. The number of nitrogens with zero attached hydrogens (tertiary/aromatic N) is 1. The van der Waals surface area contributed by atoms with Gasteiger partial charge in [-0.25, -0.2) is 5.32 Å². The first kappa shape index (κ1) is 17.0. The summed E-state index contributed by atoms with van der Waals surface area (Å²) in [5.74, 6) is 2.84. The van der Waals surface area contributed by atoms with Gasteiger partial charge < -0.3 is 0 Å². The summed E-state index contributed by atoms with van der Waals surface area (Å²) in [5.41, 5.74) is 0. The molecule has 0 saturated heterocycles. The maximum Gasteiger partial charge on any atom is 0.0274 e. The van der Waals surface area contributed by atoms with Crippen LogP contribution in [0.2, 0.25) is 0 Å². The average Bonchev–Trinajstić information content (AvgIpc) is 2.13. The summed E-state index contributed by atoms with van der Waals surface area (Å²) in [6.45, 7) is 18.4. The Balaban J connectivity index is 4.45. The number of rotatable bonds is 8. The van der Waals surface area contributed by atoms with Crippen molar-refractivity contribution in [2.24, 2.45) is 23.7 Å². The van der Waals surface area contributed by atoms with Gasteiger partial charge in [0, 0.05) is 12.1 Å². The second-order valence-electron chi connectivity index (χ2n) is 7.03. The summed E-state index contributed by atoms with van der Waals surface area (Å²) < 4.78 is 0. The van der Waals surface area contributed by atoms with Gasteiger partial charge >= 0.3 is 0 Å². The van der Waals surface area contributed by atoms with E-state index in [2.05, 4.69) is 55.4 Å². The number of hydrogen-bond donors (Lipinski definition) is 0. The van der Waals surface area contributed by atoms with E-state index in [0.29, 0.717) is 23.9 Å². The first-order chi connectivity index (χ1) is 7.73. The summed E-state index contributed by atoms with van der Waals surface area (Å²) in [7, 11) is 0. The highest BCUT2D eigenvalue weighted by Crippen LogP contribution is 2.20. The topological polar surface area (TPSA) is 14.1 Å². The smallest absolute Gasteiger partial charge is 0.0274 e. The molecular formula is C16H34N. The van der Waals surface area contributed by atoms with Crippen LogP contribution in [0.3, 0.4) is 0 Å². The highest BCUT2D eigenvalue weighted by atomic mass is 15.0. The summed E-state index contributed by atoms with van der Waals surface area (Å²) in [6.07, 6.45) is 2.47. The molecule has 103 valence electrons. The minimum atomic E-state index is 0.543. The van der Waals surface area contributed by atoms with Crippen molar-refractivity contribution < 1.29 is 0 Å². The molecule has 1 radical (unpaired) electrons. The van der Waals surface area contributed by atoms with Gasteiger partial charge in [0.15, 0.2) is 0 Å². The molecule has 0 saturated carbocycles. The maximum absolute atomic E-state index is 5.16. The molecule has 0 aliphatic heterocycles. The molecule has 0 aliphatic carbocycles. The lowest BCUT2D eigenvalue weighted by Crippen LogP contribution is -2.39. The molecule has 0 fully saturated rings. The van der Waals surface area contributed by atoms with E-state index < -0.39 is 0 Å². The third-order valence-electron chi connectivity index (χ3n) is 3.35. The maximum atomic E-state index is 5.16. The van der Waals surface area contributed by atoms with Gasteiger partial charge in [-0.05, 0) is 36.5 Å². The summed E-state index contributed by atoms with van der Waals surface area (Å²) in [5, 5.41) is 5.16. The fraction of sp³-hybridized carbons (Fsp3) is 1.00. The van der Waals surface area contributed by atoms with E-state index in [1.807, 2.05) is 0 Å². The molecule has 0 amide bonds. The van der Waals surface area contributed by atoms with Crippen molar-refractivity contribution in [3.05, 3.63) is 0 Å². The molecule has 0 aliphatic rings. The molecule has 0 aromatic rings. The minimum absolute atomic E-state index is 0.543. The zero-order valence-electron chi connectivity index (χ0n) is 13.3. The van der Waals surface area contributed by atoms with Crippen molar-refractivity contribution >= 4 is 0 Å². The quantitative estimate of drug-likeness (QED) is 0.582. The molecule has 1 nitrogen and oxygen atoms in total. The highest BCUT2D eigenvalue weighted by Gasteiger charge is 2.23. The van der Waals surface area contributed by atoms with E-state index in [-0.39, 0.29) is 0 Å². The third-order valence-corrected chi connectivity index (χ3v) is 3.35. The number of hydrogen-bond acceptors (Lipinski definition) is 0. The Morgan fingerprint density at radius 2 is 0.882 bits per heavy atom. The Morgan fingerprint density at radius 1 is 0.588 bits per heavy atom. The van der Waals surface area contributed by atoms with Crippen molar-refractivity contribution in [3.8, 4) is 0 Å². The zero-order chi connectivity index (χ0) is 13.6. The van der Waals surface area contributed by atoms with Gasteiger partial charge in [0.25, 0.3) is 0 Å². The summed E-state index contributed by atoms with van der Waals surface area (Å²) in [6, 6.07) is 1.09. The van der Waals surface area contributed by atoms with E-state index in [1.54, 1.807) is 0 Å². The van der Waals surface area contributed by atoms with E-state index in [1.165, 1.54) is 12.8 Å². The van der Waals surface area contributed by atoms with E-state index in [9.17, 15) is 0 Å². The molecule has 0 bridgehead atoms. The molecule has 0 spiro atoms. The molecule has 0 N–H and O–H groups in total. The molecule has 17 heavy (non-hydrogen) atoms. The van der Waals surface area contributed by atoms with Crippen LogP contribution in [0.4, 0.5) is 0 Å². The van der Waals surface area contributed by atoms with Crippen molar-refractivity contribution in [2.45, 2.75) is 80.3 Å². The summed E-state index contributed by atoms with van der Waals surface area (Å²) >= 11 is 0. The van der Waals surface area contributed by atoms with Crippen molar-refractivity contribution in [1.29, 1.82) is 0 Å². The Morgan fingerprint density at radius 3 is 1.06 bits per heavy atom. The van der Waals surface area contributed by atoms with Crippen LogP contribution in [0.15, 0.2) is 0 Å². The highest BCUT2D eigenvalue weighted by molar-refractivity contribution is 4.80. The third kappa shape index (κ3) is 7.81. The van der Waals surface area contributed by atoms with Gasteiger partial charge in [-0.2, -0.15) is 0 Å². The van der Waals surface area contributed by atoms with Crippen molar-refractivity contribution in [3.63, 3.8) is 0 Å². The predicted octanol–water partition coefficient (Wildman–Crippen LogP) is 4.73. The Hall–Kier alpha value is -0.0400. The Kier molecular flexibility index (Phi) is 8.11. The minimum Gasteiger partial charge on any atom is -0.235 e. The Bertz CT molecular complexity index is 162. The summed E-state index contributed by atoms with van der Waals surface area (Å²) in [4.78, 5) is 0. The molecule has 2 atom stereocenters. The zero-order valence-corrected chi connectivity index (χ0v) is 13.3. The van der Waals surface area contributed by atoms with Crippen LogP contribution in [-0.2, 0) is 0 Å². The van der Waals surface area contributed by atoms with Crippen LogP contribution in [0.5, 0.6) is 0 Å². The fourth-order valence-corrected chi connectivity index (χ4v) is 2.22. The standard InChI is InChI=1S/C16H34N/c1-11(2)9-15(13(5)6)17-16(14(7)8)10-12(3)4/h11-16H,9-10H2,1-8H3. The lowest BCUT2D eigenvalue weighted by molar-refractivity contribution is 0.243. The first-order valence-electron chi connectivity index (χ1n) is 7.43. The second kappa shape index (κ2) is 8.13. The molecule has 0 aromatic carbocycles. The predicted molar refractivity (Wildman–Crippen MR) is 78.3 cm³/mol. The van der Waals surface area contributed by atoms with Gasteiger partial charge in [-0.15, -0.1) is 0 Å². The van der Waals surface area contributed by atoms with Crippen LogP contribution in [0.25, 0.3) is 0 Å². The van der Waals surface area contributed by atoms with Gasteiger partial charge in [0.1, 0.15) is 0 Å². The van der Waals surface area contributed by atoms with Crippen LogP contribution in [-0.4, -0.2) is 12.1 Å². The van der Waals surface area contributed by atoms with Gasteiger partial charge in [0.2, 0.25) is 0 Å². The monoisotopic (exact) mass is 240 g/mol. The molecule has 1 heteroatoms. The van der Waals surface area contributed by atoms with E-state index in [0.717, 1.165) is 11.8 Å². The van der Waals surface area contributed by atoms with E-state index in [4.69, 9.17) is 5.32 Å². The van der Waals surface area contributed by atoms with Crippen LogP contribution in [0, 0.1) is 23.7 Å². The first-order valence-corrected chi connectivity index (χ1v) is 7.43. The van der Waals surface area contributed by atoms with Gasteiger partial charge in [-0.3, -0.25) is 0 Å². The lowest BCUT2D eigenvalue weighted by atomic mass is 9.89. The molecule has 0 heterocycles. The van der Waals surface area contributed by atoms with Crippen LogP contribution in [0.1, 0.15) is 68.2 Å². The fourth-order valence-electron chi connectivity index (χ4n) is 2.22. The SMILES string of the molecule is CC(C)CC([N]C(CC(C)C)C(C)C)C(C)C. The molecular weight excluding hydrogens is 206 g/mol. The Labute approximate surface area is 110 Å². The normalized spacial score (nSPS) is 16.2. The molecule has 2 unspecified atom stereocenters. The van der Waals surface area contributed by atoms with Crippen LogP contribution < -0.4 is 5.32 Å².